The molecule has 3 heteroatoms. The predicted octanol–water partition coefficient (Wildman–Crippen LogP) is 2.50. The minimum Gasteiger partial charge on any atom is -0.384 e. The van der Waals surface area contributed by atoms with Gasteiger partial charge < -0.3 is 10.4 Å². The molecule has 0 saturated heterocycles. The maximum absolute atomic E-state index is 11.9. The molecule has 0 spiro atoms. The zero-order chi connectivity index (χ0) is 13.7. The lowest BCUT2D eigenvalue weighted by Gasteiger charge is -2.22. The van der Waals surface area contributed by atoms with Crippen molar-refractivity contribution in [3.05, 3.63) is 35.4 Å². The van der Waals surface area contributed by atoms with Crippen molar-refractivity contribution in [2.24, 2.45) is 0 Å². The summed E-state index contributed by atoms with van der Waals surface area (Å²) in [6.07, 6.45) is 5.54. The summed E-state index contributed by atoms with van der Waals surface area (Å²) in [4.78, 5) is 11.9. The summed E-state index contributed by atoms with van der Waals surface area (Å²) in [5.41, 5.74) is 1.93. The molecule has 19 heavy (non-hydrogen) atoms. The second-order valence-electron chi connectivity index (χ2n) is 5.39. The molecule has 0 heterocycles. The molecule has 1 aromatic rings. The molecule has 1 aromatic carbocycles. The molecule has 1 atom stereocenters. The summed E-state index contributed by atoms with van der Waals surface area (Å²) in [5.74, 6) is 0.449. The number of carbonyl (C=O) groups excluding carboxylic acids is 1. The van der Waals surface area contributed by atoms with E-state index in [0.29, 0.717) is 18.0 Å². The Balaban J connectivity index is 2.03. The monoisotopic (exact) mass is 261 g/mol. The van der Waals surface area contributed by atoms with Gasteiger partial charge in [-0.25, -0.2) is 0 Å². The maximum atomic E-state index is 11.9. The zero-order valence-corrected chi connectivity index (χ0v) is 11.6. The van der Waals surface area contributed by atoms with E-state index in [9.17, 15) is 9.90 Å². The first-order valence-electron chi connectivity index (χ1n) is 7.19. The fourth-order valence-electron chi connectivity index (χ4n) is 2.83. The molecule has 0 amide bonds. The Morgan fingerprint density at radius 3 is 2.47 bits per heavy atom. The van der Waals surface area contributed by atoms with Gasteiger partial charge in [-0.15, -0.1) is 0 Å². The fraction of sp³-hybridized carbons (Fsp3) is 0.562. The molecule has 0 aliphatic heterocycles. The lowest BCUT2D eigenvalue weighted by molar-refractivity contribution is 0.0750. The summed E-state index contributed by atoms with van der Waals surface area (Å²) in [5, 5.41) is 12.5. The number of aliphatic hydroxyl groups excluding tert-OH is 1. The minimum atomic E-state index is -0.953. The van der Waals surface area contributed by atoms with Crippen molar-refractivity contribution in [3.63, 3.8) is 0 Å². The summed E-state index contributed by atoms with van der Waals surface area (Å²) < 4.78 is 0. The fourth-order valence-corrected chi connectivity index (χ4v) is 2.83. The van der Waals surface area contributed by atoms with Gasteiger partial charge in [0, 0.05) is 12.1 Å². The number of hydrogen-bond donors (Lipinski definition) is 2. The quantitative estimate of drug-likeness (QED) is 0.801. The zero-order valence-electron chi connectivity index (χ0n) is 11.6. The molecule has 1 aliphatic carbocycles. The van der Waals surface area contributed by atoms with E-state index >= 15 is 0 Å². The maximum Gasteiger partial charge on any atom is 0.192 e. The van der Waals surface area contributed by atoms with Crippen LogP contribution in [0.15, 0.2) is 24.3 Å². The Morgan fingerprint density at radius 2 is 1.89 bits per heavy atom. The van der Waals surface area contributed by atoms with Crippen LogP contribution in [0.1, 0.15) is 53.9 Å². The number of aliphatic hydroxyl groups is 1. The average molecular weight is 261 g/mol. The van der Waals surface area contributed by atoms with Crippen molar-refractivity contribution in [3.8, 4) is 0 Å². The van der Waals surface area contributed by atoms with Gasteiger partial charge in [0.25, 0.3) is 0 Å². The molecule has 0 radical (unpaired) electrons. The van der Waals surface area contributed by atoms with Crippen molar-refractivity contribution in [2.75, 3.05) is 13.6 Å². The minimum absolute atomic E-state index is 0.204. The second kappa shape index (κ2) is 6.83. The molecular weight excluding hydrogens is 238 g/mol. The van der Waals surface area contributed by atoms with Crippen LogP contribution in [-0.4, -0.2) is 30.6 Å². The number of Topliss-reactive ketones (excluding diaryl/α,β-unsaturated/α-hetero) is 1. The van der Waals surface area contributed by atoms with Crippen molar-refractivity contribution in [1.82, 2.24) is 5.32 Å². The number of hydrogen-bond acceptors (Lipinski definition) is 3. The Bertz CT molecular complexity index is 407. The van der Waals surface area contributed by atoms with E-state index in [0.717, 1.165) is 0 Å². The summed E-state index contributed by atoms with van der Waals surface area (Å²) in [7, 11) is 1.72. The highest BCUT2D eigenvalue weighted by Gasteiger charge is 2.18. The van der Waals surface area contributed by atoms with Crippen LogP contribution in [0.3, 0.4) is 0 Å². The van der Waals surface area contributed by atoms with Crippen LogP contribution in [0, 0.1) is 0 Å². The Morgan fingerprint density at radius 1 is 1.26 bits per heavy atom. The Labute approximate surface area is 115 Å². The highest BCUT2D eigenvalue weighted by molar-refractivity contribution is 5.99. The summed E-state index contributed by atoms with van der Waals surface area (Å²) in [6, 6.07) is 7.81. The van der Waals surface area contributed by atoms with E-state index in [1.54, 1.807) is 7.05 Å². The van der Waals surface area contributed by atoms with Crippen molar-refractivity contribution >= 4 is 5.78 Å². The van der Waals surface area contributed by atoms with Crippen LogP contribution in [-0.2, 0) is 0 Å². The van der Waals surface area contributed by atoms with Crippen LogP contribution in [0.25, 0.3) is 0 Å². The first kappa shape index (κ1) is 14.2. The van der Waals surface area contributed by atoms with Crippen molar-refractivity contribution in [1.29, 1.82) is 0 Å². The normalized spacial score (nSPS) is 18.2. The standard InChI is InChI=1S/C16H23NO2/c1-17-11-15(18)16(19)14-9-7-13(8-10-14)12-5-3-2-4-6-12/h7-10,12,15,17-18H,2-6,11H2,1H3. The molecule has 1 aliphatic rings. The smallest absolute Gasteiger partial charge is 0.192 e. The van der Waals surface area contributed by atoms with E-state index in [2.05, 4.69) is 17.4 Å². The van der Waals surface area contributed by atoms with Crippen molar-refractivity contribution in [2.45, 2.75) is 44.1 Å². The van der Waals surface area contributed by atoms with E-state index in [1.165, 1.54) is 37.7 Å². The third-order valence-corrected chi connectivity index (χ3v) is 3.97. The first-order valence-corrected chi connectivity index (χ1v) is 7.19. The van der Waals surface area contributed by atoms with E-state index in [4.69, 9.17) is 0 Å². The SMILES string of the molecule is CNCC(O)C(=O)c1ccc(C2CCCCC2)cc1. The average Bonchev–Trinajstić information content (AvgIpc) is 2.48. The second-order valence-corrected chi connectivity index (χ2v) is 5.39. The lowest BCUT2D eigenvalue weighted by atomic mass is 9.84. The van der Waals surface area contributed by atoms with E-state index in [-0.39, 0.29) is 5.78 Å². The van der Waals surface area contributed by atoms with Crippen LogP contribution < -0.4 is 5.32 Å². The molecule has 2 rings (SSSR count). The van der Waals surface area contributed by atoms with Gasteiger partial charge in [0.2, 0.25) is 0 Å². The van der Waals surface area contributed by atoms with Crippen LogP contribution in [0.4, 0.5) is 0 Å². The van der Waals surface area contributed by atoms with Crippen LogP contribution in [0.2, 0.25) is 0 Å². The number of ketones is 1. The number of carbonyl (C=O) groups is 1. The number of nitrogens with one attached hydrogen (secondary N) is 1. The lowest BCUT2D eigenvalue weighted by Crippen LogP contribution is -2.31. The topological polar surface area (TPSA) is 49.3 Å². The third kappa shape index (κ3) is 3.64. The Kier molecular flexibility index (Phi) is 5.11. The number of likely N-dealkylation sites (N-methyl/N-ethyl adjacent to an activating group) is 1. The molecule has 3 nitrogen and oxygen atoms in total. The van der Waals surface area contributed by atoms with Gasteiger partial charge in [-0.3, -0.25) is 4.79 Å². The Hall–Kier alpha value is -1.19. The van der Waals surface area contributed by atoms with Gasteiger partial charge in [-0.05, 0) is 31.4 Å². The summed E-state index contributed by atoms with van der Waals surface area (Å²) in [6.45, 7) is 0.295. The van der Waals surface area contributed by atoms with Crippen LogP contribution >= 0.6 is 0 Å². The highest BCUT2D eigenvalue weighted by atomic mass is 16.3. The molecule has 1 fully saturated rings. The number of benzene rings is 1. The van der Waals surface area contributed by atoms with Gasteiger partial charge in [0.1, 0.15) is 6.10 Å². The molecular formula is C16H23NO2. The number of rotatable bonds is 5. The summed E-state index contributed by atoms with van der Waals surface area (Å²) >= 11 is 0. The highest BCUT2D eigenvalue weighted by Crippen LogP contribution is 2.32. The van der Waals surface area contributed by atoms with Gasteiger partial charge in [-0.2, -0.15) is 0 Å². The molecule has 1 saturated carbocycles. The molecule has 2 N–H and O–H groups in total. The van der Waals surface area contributed by atoms with Crippen LogP contribution in [0.5, 0.6) is 0 Å². The molecule has 104 valence electrons. The first-order chi connectivity index (χ1) is 9.22. The molecule has 0 aromatic heterocycles. The van der Waals surface area contributed by atoms with Crippen molar-refractivity contribution < 1.29 is 9.90 Å². The van der Waals surface area contributed by atoms with E-state index in [1.807, 2.05) is 12.1 Å². The molecule has 1 unspecified atom stereocenters. The van der Waals surface area contributed by atoms with Gasteiger partial charge in [0.15, 0.2) is 5.78 Å². The third-order valence-electron chi connectivity index (χ3n) is 3.97. The van der Waals surface area contributed by atoms with E-state index < -0.39 is 6.10 Å². The van der Waals surface area contributed by atoms with Gasteiger partial charge >= 0.3 is 0 Å². The predicted molar refractivity (Wildman–Crippen MR) is 76.5 cm³/mol. The molecule has 0 bridgehead atoms. The van der Waals surface area contributed by atoms with Gasteiger partial charge in [0.05, 0.1) is 0 Å². The van der Waals surface area contributed by atoms with Gasteiger partial charge in [-0.1, -0.05) is 43.5 Å². The largest absolute Gasteiger partial charge is 0.384 e.